The maximum atomic E-state index is 6.71. The van der Waals surface area contributed by atoms with Crippen LogP contribution in [0.3, 0.4) is 0 Å². The predicted molar refractivity (Wildman–Crippen MR) is 242 cm³/mol. The van der Waals surface area contributed by atoms with E-state index in [9.17, 15) is 0 Å². The Morgan fingerprint density at radius 3 is 2.00 bits per heavy atom. The second-order valence-electron chi connectivity index (χ2n) is 18.7. The largest absolute Gasteiger partial charge is 0.456 e. The van der Waals surface area contributed by atoms with E-state index in [0.29, 0.717) is 11.5 Å². The first-order valence-electron chi connectivity index (χ1n) is 20.5. The van der Waals surface area contributed by atoms with Gasteiger partial charge < -0.3 is 4.74 Å². The van der Waals surface area contributed by atoms with Crippen molar-refractivity contribution in [3.63, 3.8) is 0 Å². The summed E-state index contributed by atoms with van der Waals surface area (Å²) in [6.07, 6.45) is 9.25. The van der Waals surface area contributed by atoms with Crippen molar-refractivity contribution in [3.8, 4) is 39.8 Å². The average molecular weight is 774 g/mol. The van der Waals surface area contributed by atoms with Crippen LogP contribution in [0.15, 0.2) is 146 Å². The lowest BCUT2D eigenvalue weighted by Gasteiger charge is -2.26. The number of para-hydroxylation sites is 2. The van der Waals surface area contributed by atoms with Crippen molar-refractivity contribution in [2.24, 2.45) is 0 Å². The maximum absolute atomic E-state index is 6.71. The third kappa shape index (κ3) is 7.07. The first-order chi connectivity index (χ1) is 28.1. The third-order valence-corrected chi connectivity index (χ3v) is 11.4. The molecule has 0 unspecified atom stereocenters. The van der Waals surface area contributed by atoms with E-state index in [1.54, 1.807) is 6.20 Å². The Hall–Kier alpha value is -6.53. The summed E-state index contributed by atoms with van der Waals surface area (Å²) >= 11 is 0. The maximum Gasteiger partial charge on any atom is 0.269 e. The minimum Gasteiger partial charge on any atom is -0.456 e. The highest BCUT2D eigenvalue weighted by Crippen LogP contribution is 2.41. The minimum atomic E-state index is -0.0362. The lowest BCUT2D eigenvalue weighted by atomic mass is 9.80. The fraction of sp³-hybridized carbons (Fsp3) is 0.226. The van der Waals surface area contributed by atoms with Gasteiger partial charge in [0.25, 0.3) is 6.33 Å². The number of hydrogen-bond acceptors (Lipinski definition) is 3. The molecule has 294 valence electrons. The van der Waals surface area contributed by atoms with E-state index in [-0.39, 0.29) is 16.2 Å². The number of imidazole rings is 1. The molecule has 0 bridgehead atoms. The summed E-state index contributed by atoms with van der Waals surface area (Å²) in [4.78, 5) is 9.63. The topological polar surface area (TPSA) is 48.8 Å². The van der Waals surface area contributed by atoms with Crippen LogP contribution in [0.25, 0.3) is 61.2 Å². The van der Waals surface area contributed by atoms with Crippen LogP contribution >= 0.6 is 0 Å². The van der Waals surface area contributed by atoms with Gasteiger partial charge in [-0.25, -0.2) is 4.98 Å². The summed E-state index contributed by atoms with van der Waals surface area (Å²) in [7, 11) is 0. The Kier molecular flexibility index (Phi) is 9.08. The molecule has 6 heteroatoms. The van der Waals surface area contributed by atoms with Gasteiger partial charge in [-0.15, -0.1) is 0 Å². The molecule has 59 heavy (non-hydrogen) atoms. The van der Waals surface area contributed by atoms with Gasteiger partial charge in [0.2, 0.25) is 0 Å². The zero-order valence-electron chi connectivity index (χ0n) is 35.5. The molecule has 0 amide bonds. The van der Waals surface area contributed by atoms with Gasteiger partial charge >= 0.3 is 0 Å². The van der Waals surface area contributed by atoms with Gasteiger partial charge in [-0.05, 0) is 92.6 Å². The van der Waals surface area contributed by atoms with Crippen LogP contribution in [-0.2, 0) is 16.2 Å². The van der Waals surface area contributed by atoms with E-state index in [0.717, 1.165) is 44.6 Å². The van der Waals surface area contributed by atoms with Crippen LogP contribution in [0, 0.1) is 6.33 Å². The van der Waals surface area contributed by atoms with Gasteiger partial charge in [-0.1, -0.05) is 135 Å². The number of benzene rings is 5. The van der Waals surface area contributed by atoms with Gasteiger partial charge in [0.05, 0.1) is 39.6 Å². The van der Waals surface area contributed by atoms with E-state index in [2.05, 4.69) is 209 Å². The molecule has 0 spiro atoms. The standard InChI is InChI=1S/C53H51N5O/c1-51(2,3)36-24-25-55-49(29-36)58-47-21-15-18-43(35-16-11-10-12-17-35)50(47)44-23-22-41(31-48(44)58)59-42-30-40(32-54-33-42)57-34-56(45-19-13-14-20-46(45)57)39-27-37(52(4,5)6)26-38(28-39)53(7,8)9/h10-33H,1-9H3. The molecule has 4 heterocycles. The molecule has 0 saturated heterocycles. The molecule has 0 saturated carbocycles. The first-order valence-corrected chi connectivity index (χ1v) is 20.5. The van der Waals surface area contributed by atoms with Crippen molar-refractivity contribution in [3.05, 3.63) is 169 Å². The fourth-order valence-corrected chi connectivity index (χ4v) is 7.99. The number of hydrogen-bond donors (Lipinski definition) is 0. The second-order valence-corrected chi connectivity index (χ2v) is 18.7. The molecule has 0 aliphatic carbocycles. The first kappa shape index (κ1) is 38.0. The van der Waals surface area contributed by atoms with E-state index >= 15 is 0 Å². The van der Waals surface area contributed by atoms with Gasteiger partial charge in [-0.3, -0.25) is 18.7 Å². The van der Waals surface area contributed by atoms with Crippen LogP contribution in [-0.4, -0.2) is 19.1 Å². The summed E-state index contributed by atoms with van der Waals surface area (Å²) in [6, 6.07) is 45.2. The highest BCUT2D eigenvalue weighted by molar-refractivity contribution is 6.16. The lowest BCUT2D eigenvalue weighted by molar-refractivity contribution is -0.572. The van der Waals surface area contributed by atoms with Crippen molar-refractivity contribution in [1.82, 2.24) is 19.1 Å². The molecule has 6 nitrogen and oxygen atoms in total. The Bertz CT molecular complexity index is 2990. The van der Waals surface area contributed by atoms with Gasteiger partial charge in [-0.2, -0.15) is 0 Å². The van der Waals surface area contributed by atoms with Crippen LogP contribution < -0.4 is 9.30 Å². The Labute approximate surface area is 347 Å². The molecular weight excluding hydrogens is 723 g/mol. The third-order valence-electron chi connectivity index (χ3n) is 11.4. The average Bonchev–Trinajstić information content (AvgIpc) is 3.76. The van der Waals surface area contributed by atoms with Crippen LogP contribution in [0.4, 0.5) is 0 Å². The zero-order valence-corrected chi connectivity index (χ0v) is 35.5. The number of aromatic nitrogens is 5. The molecular formula is C53H51N5O. The molecule has 0 radical (unpaired) electrons. The molecule has 0 aliphatic rings. The normalized spacial score (nSPS) is 12.5. The minimum absolute atomic E-state index is 0.0148. The Morgan fingerprint density at radius 2 is 1.27 bits per heavy atom. The van der Waals surface area contributed by atoms with E-state index in [4.69, 9.17) is 9.72 Å². The Morgan fingerprint density at radius 1 is 0.576 bits per heavy atom. The SMILES string of the molecule is CC(C)(C)c1cc(-[n+]2[c-]n(-c3cncc(Oc4ccc5c6c(-c7ccccc7)cccc6n(-c6cc(C(C)(C)C)ccn6)c5c4)c3)c3ccccc32)cc(C(C)(C)C)c1. The number of pyridine rings is 2. The lowest BCUT2D eigenvalue weighted by Crippen LogP contribution is -2.31. The van der Waals surface area contributed by atoms with Crippen molar-refractivity contribution in [1.29, 1.82) is 0 Å². The number of rotatable bonds is 6. The molecule has 0 N–H and O–H groups in total. The quantitative estimate of drug-likeness (QED) is 0.125. The van der Waals surface area contributed by atoms with Gasteiger partial charge in [0, 0.05) is 29.2 Å². The summed E-state index contributed by atoms with van der Waals surface area (Å²) < 4.78 is 13.2. The number of fused-ring (bicyclic) bond motifs is 4. The molecule has 0 aliphatic heterocycles. The van der Waals surface area contributed by atoms with Crippen molar-refractivity contribution >= 4 is 32.8 Å². The Balaban J connectivity index is 1.16. The molecule has 5 aromatic carbocycles. The monoisotopic (exact) mass is 773 g/mol. The van der Waals surface area contributed by atoms with Crippen LogP contribution in [0.2, 0.25) is 0 Å². The van der Waals surface area contributed by atoms with E-state index in [1.807, 2.05) is 18.5 Å². The molecule has 0 fully saturated rings. The molecule has 9 rings (SSSR count). The van der Waals surface area contributed by atoms with Crippen LogP contribution in [0.5, 0.6) is 11.5 Å². The predicted octanol–water partition coefficient (Wildman–Crippen LogP) is 12.9. The molecule has 0 atom stereocenters. The highest BCUT2D eigenvalue weighted by atomic mass is 16.5. The smallest absolute Gasteiger partial charge is 0.269 e. The summed E-state index contributed by atoms with van der Waals surface area (Å²) in [5.41, 5.74) is 12.2. The molecule has 4 aromatic heterocycles. The van der Waals surface area contributed by atoms with Gasteiger partial charge in [0.1, 0.15) is 17.3 Å². The second kappa shape index (κ2) is 14.1. The van der Waals surface area contributed by atoms with Crippen LogP contribution in [0.1, 0.15) is 79.0 Å². The highest BCUT2D eigenvalue weighted by Gasteiger charge is 2.24. The van der Waals surface area contributed by atoms with Crippen molar-refractivity contribution < 1.29 is 9.30 Å². The van der Waals surface area contributed by atoms with E-state index in [1.165, 1.54) is 33.2 Å². The molecule has 9 aromatic rings. The summed E-state index contributed by atoms with van der Waals surface area (Å²) in [6.45, 7) is 20.3. The zero-order chi connectivity index (χ0) is 41.3. The number of nitrogens with zero attached hydrogens (tertiary/aromatic N) is 5. The summed E-state index contributed by atoms with van der Waals surface area (Å²) in [5, 5.41) is 2.31. The number of ether oxygens (including phenoxy) is 1. The summed E-state index contributed by atoms with van der Waals surface area (Å²) in [5.74, 6) is 2.21. The fourth-order valence-electron chi connectivity index (χ4n) is 7.99. The van der Waals surface area contributed by atoms with Crippen molar-refractivity contribution in [2.45, 2.75) is 78.6 Å². The van der Waals surface area contributed by atoms with Gasteiger partial charge in [0.15, 0.2) is 0 Å². The van der Waals surface area contributed by atoms with E-state index < -0.39 is 0 Å². The van der Waals surface area contributed by atoms with Crippen molar-refractivity contribution in [2.75, 3.05) is 0 Å².